The predicted molar refractivity (Wildman–Crippen MR) is 31.2 cm³/mol. The van der Waals surface area contributed by atoms with Crippen molar-refractivity contribution in [3.63, 3.8) is 0 Å². The molecule has 2 heteroatoms. The lowest BCUT2D eigenvalue weighted by atomic mass is 10.2. The molecule has 0 saturated carbocycles. The zero-order chi connectivity index (χ0) is 6.69. The van der Waals surface area contributed by atoms with Gasteiger partial charge in [0.05, 0.1) is 6.61 Å². The van der Waals surface area contributed by atoms with Crippen LogP contribution in [0.5, 0.6) is 0 Å². The minimum Gasteiger partial charge on any atom is -0.392 e. The van der Waals surface area contributed by atoms with Crippen molar-refractivity contribution in [1.82, 2.24) is 0 Å². The van der Waals surface area contributed by atoms with Crippen LogP contribution in [0.3, 0.4) is 0 Å². The molecule has 1 rings (SSSR count). The first-order chi connectivity index (χ1) is 4.34. The summed E-state index contributed by atoms with van der Waals surface area (Å²) in [5.74, 6) is -0.403. The van der Waals surface area contributed by atoms with E-state index in [0.717, 1.165) is 0 Å². The SMILES string of the molecule is OCc1cc[c]cc1F. The van der Waals surface area contributed by atoms with Gasteiger partial charge in [-0.05, 0) is 12.1 Å². The summed E-state index contributed by atoms with van der Waals surface area (Å²) in [6.45, 7) is -0.249. The Morgan fingerprint density at radius 1 is 1.67 bits per heavy atom. The standard InChI is InChI=1S/C7H6FO/c8-7-4-2-1-3-6(7)5-9/h1,3-4,9H,5H2. The van der Waals surface area contributed by atoms with Gasteiger partial charge in [0.2, 0.25) is 0 Å². The first kappa shape index (κ1) is 6.23. The van der Waals surface area contributed by atoms with Gasteiger partial charge in [0, 0.05) is 5.56 Å². The van der Waals surface area contributed by atoms with Gasteiger partial charge in [-0.2, -0.15) is 0 Å². The molecule has 0 aliphatic heterocycles. The Labute approximate surface area is 52.8 Å². The third-order valence-electron chi connectivity index (χ3n) is 1.07. The highest BCUT2D eigenvalue weighted by Gasteiger charge is 1.95. The monoisotopic (exact) mass is 125 g/mol. The van der Waals surface area contributed by atoms with Gasteiger partial charge in [-0.15, -0.1) is 0 Å². The van der Waals surface area contributed by atoms with Crippen LogP contribution in [-0.4, -0.2) is 5.11 Å². The fraction of sp³-hybridized carbons (Fsp3) is 0.143. The van der Waals surface area contributed by atoms with Crippen LogP contribution in [0.15, 0.2) is 18.2 Å². The molecule has 0 unspecified atom stereocenters. The summed E-state index contributed by atoms with van der Waals surface area (Å²) < 4.78 is 12.4. The Balaban J connectivity index is 3.01. The maximum atomic E-state index is 12.4. The highest BCUT2D eigenvalue weighted by atomic mass is 19.1. The molecule has 0 amide bonds. The van der Waals surface area contributed by atoms with Crippen molar-refractivity contribution >= 4 is 0 Å². The fourth-order valence-electron chi connectivity index (χ4n) is 0.571. The second kappa shape index (κ2) is 2.60. The third-order valence-corrected chi connectivity index (χ3v) is 1.07. The van der Waals surface area contributed by atoms with Crippen molar-refractivity contribution < 1.29 is 9.50 Å². The molecule has 0 bridgehead atoms. The maximum absolute atomic E-state index is 12.4. The van der Waals surface area contributed by atoms with E-state index in [4.69, 9.17) is 5.11 Å². The Morgan fingerprint density at radius 2 is 2.44 bits per heavy atom. The fourth-order valence-corrected chi connectivity index (χ4v) is 0.571. The Bertz CT molecular complexity index is 198. The maximum Gasteiger partial charge on any atom is 0.129 e. The van der Waals surface area contributed by atoms with Crippen molar-refractivity contribution in [2.24, 2.45) is 0 Å². The molecule has 47 valence electrons. The Hall–Kier alpha value is -0.890. The zero-order valence-corrected chi connectivity index (χ0v) is 4.76. The van der Waals surface area contributed by atoms with Crippen molar-refractivity contribution in [2.45, 2.75) is 6.61 Å². The topological polar surface area (TPSA) is 20.2 Å². The molecule has 1 N–H and O–H groups in total. The molecule has 0 atom stereocenters. The molecule has 9 heavy (non-hydrogen) atoms. The normalized spacial score (nSPS) is 9.56. The van der Waals surface area contributed by atoms with Crippen LogP contribution in [0, 0.1) is 11.9 Å². The number of aliphatic hydroxyl groups excluding tert-OH is 1. The predicted octanol–water partition coefficient (Wildman–Crippen LogP) is 1.12. The van der Waals surface area contributed by atoms with Gasteiger partial charge < -0.3 is 5.11 Å². The van der Waals surface area contributed by atoms with E-state index in [9.17, 15) is 4.39 Å². The summed E-state index contributed by atoms with van der Waals surface area (Å²) in [4.78, 5) is 0. The van der Waals surface area contributed by atoms with E-state index in [0.29, 0.717) is 5.56 Å². The van der Waals surface area contributed by atoms with Crippen molar-refractivity contribution in [1.29, 1.82) is 0 Å². The van der Waals surface area contributed by atoms with Gasteiger partial charge in [0.25, 0.3) is 0 Å². The van der Waals surface area contributed by atoms with E-state index in [-0.39, 0.29) is 6.61 Å². The van der Waals surface area contributed by atoms with Crippen molar-refractivity contribution in [3.05, 3.63) is 35.6 Å². The second-order valence-corrected chi connectivity index (χ2v) is 1.68. The number of rotatable bonds is 1. The summed E-state index contributed by atoms with van der Waals surface area (Å²) in [7, 11) is 0. The number of hydrogen-bond donors (Lipinski definition) is 1. The lowest BCUT2D eigenvalue weighted by Crippen LogP contribution is -1.86. The number of hydrogen-bond acceptors (Lipinski definition) is 1. The summed E-state index contributed by atoms with van der Waals surface area (Å²) in [5.41, 5.74) is 0.314. The van der Waals surface area contributed by atoms with Gasteiger partial charge in [0.1, 0.15) is 5.82 Å². The minimum absolute atomic E-state index is 0.249. The van der Waals surface area contributed by atoms with Crippen molar-refractivity contribution in [3.8, 4) is 0 Å². The Kier molecular flexibility index (Phi) is 1.80. The highest BCUT2D eigenvalue weighted by molar-refractivity contribution is 5.14. The lowest BCUT2D eigenvalue weighted by Gasteiger charge is -1.93. The smallest absolute Gasteiger partial charge is 0.129 e. The average molecular weight is 125 g/mol. The van der Waals surface area contributed by atoms with Crippen LogP contribution in [0.2, 0.25) is 0 Å². The summed E-state index contributed by atoms with van der Waals surface area (Å²) >= 11 is 0. The third kappa shape index (κ3) is 1.27. The van der Waals surface area contributed by atoms with Gasteiger partial charge >= 0.3 is 0 Å². The molecular weight excluding hydrogens is 119 g/mol. The molecular formula is C7H6FO. The first-order valence-corrected chi connectivity index (χ1v) is 2.60. The summed E-state index contributed by atoms with van der Waals surface area (Å²) in [6.07, 6.45) is 0. The second-order valence-electron chi connectivity index (χ2n) is 1.68. The molecule has 0 aliphatic rings. The van der Waals surface area contributed by atoms with Crippen LogP contribution in [0.25, 0.3) is 0 Å². The number of halogens is 1. The van der Waals surface area contributed by atoms with E-state index in [2.05, 4.69) is 6.07 Å². The van der Waals surface area contributed by atoms with E-state index < -0.39 is 5.82 Å². The largest absolute Gasteiger partial charge is 0.392 e. The molecule has 0 saturated heterocycles. The lowest BCUT2D eigenvalue weighted by molar-refractivity contribution is 0.275. The summed E-state index contributed by atoms with van der Waals surface area (Å²) in [6, 6.07) is 6.81. The molecule has 0 heterocycles. The van der Waals surface area contributed by atoms with E-state index in [1.807, 2.05) is 0 Å². The van der Waals surface area contributed by atoms with Crippen LogP contribution in [0.1, 0.15) is 5.56 Å². The van der Waals surface area contributed by atoms with E-state index in [1.54, 1.807) is 6.07 Å². The van der Waals surface area contributed by atoms with E-state index in [1.165, 1.54) is 12.1 Å². The van der Waals surface area contributed by atoms with Crippen LogP contribution in [-0.2, 0) is 6.61 Å². The quantitative estimate of drug-likeness (QED) is 0.596. The minimum atomic E-state index is -0.403. The van der Waals surface area contributed by atoms with Gasteiger partial charge in [-0.1, -0.05) is 12.1 Å². The molecule has 0 aliphatic carbocycles. The van der Waals surface area contributed by atoms with Gasteiger partial charge in [-0.25, -0.2) is 4.39 Å². The van der Waals surface area contributed by atoms with Gasteiger partial charge in [-0.3, -0.25) is 0 Å². The van der Waals surface area contributed by atoms with E-state index >= 15 is 0 Å². The molecule has 0 fully saturated rings. The van der Waals surface area contributed by atoms with Crippen LogP contribution in [0.4, 0.5) is 4.39 Å². The molecule has 1 nitrogen and oxygen atoms in total. The number of benzene rings is 1. The number of aliphatic hydroxyl groups is 1. The molecule has 1 aromatic carbocycles. The zero-order valence-electron chi connectivity index (χ0n) is 4.76. The Morgan fingerprint density at radius 3 is 2.89 bits per heavy atom. The molecule has 0 aromatic heterocycles. The first-order valence-electron chi connectivity index (χ1n) is 2.60. The van der Waals surface area contributed by atoms with Crippen molar-refractivity contribution in [2.75, 3.05) is 0 Å². The average Bonchev–Trinajstić information content (AvgIpc) is 1.89. The van der Waals surface area contributed by atoms with Crippen LogP contribution >= 0.6 is 0 Å². The molecule has 0 spiro atoms. The molecule has 1 radical (unpaired) electrons. The van der Waals surface area contributed by atoms with Gasteiger partial charge in [0.15, 0.2) is 0 Å². The molecule has 1 aromatic rings. The summed E-state index contributed by atoms with van der Waals surface area (Å²) in [5, 5.41) is 8.46. The van der Waals surface area contributed by atoms with Crippen LogP contribution < -0.4 is 0 Å². The highest BCUT2D eigenvalue weighted by Crippen LogP contribution is 2.03.